The van der Waals surface area contributed by atoms with Gasteiger partial charge in [-0.2, -0.15) is 0 Å². The SMILES string of the molecule is CCc1ccccc1Nc1ncc(C(=O)NC2CCCCCC2)cn1. The molecule has 0 spiro atoms. The van der Waals surface area contributed by atoms with E-state index in [2.05, 4.69) is 33.6 Å². The number of amides is 1. The molecule has 1 fully saturated rings. The monoisotopic (exact) mass is 338 g/mol. The molecule has 3 rings (SSSR count). The summed E-state index contributed by atoms with van der Waals surface area (Å²) in [6.07, 6.45) is 11.2. The predicted molar refractivity (Wildman–Crippen MR) is 100 cm³/mol. The molecule has 1 saturated carbocycles. The van der Waals surface area contributed by atoms with Gasteiger partial charge in [-0.15, -0.1) is 0 Å². The van der Waals surface area contributed by atoms with E-state index in [1.54, 1.807) is 12.4 Å². The summed E-state index contributed by atoms with van der Waals surface area (Å²) in [4.78, 5) is 21.0. The fraction of sp³-hybridized carbons (Fsp3) is 0.450. The van der Waals surface area contributed by atoms with Crippen LogP contribution in [0.5, 0.6) is 0 Å². The third kappa shape index (κ3) is 4.78. The van der Waals surface area contributed by atoms with E-state index in [0.29, 0.717) is 11.5 Å². The molecule has 0 bridgehead atoms. The molecule has 5 heteroatoms. The molecular weight excluding hydrogens is 312 g/mol. The zero-order valence-corrected chi connectivity index (χ0v) is 14.8. The lowest BCUT2D eigenvalue weighted by Gasteiger charge is -2.16. The number of hydrogen-bond donors (Lipinski definition) is 2. The summed E-state index contributed by atoms with van der Waals surface area (Å²) in [5.74, 6) is 0.430. The maximum Gasteiger partial charge on any atom is 0.254 e. The zero-order valence-electron chi connectivity index (χ0n) is 14.8. The summed E-state index contributed by atoms with van der Waals surface area (Å²) >= 11 is 0. The first-order valence-corrected chi connectivity index (χ1v) is 9.24. The molecule has 2 N–H and O–H groups in total. The fourth-order valence-corrected chi connectivity index (χ4v) is 3.27. The Labute approximate surface area is 149 Å². The molecule has 0 radical (unpaired) electrons. The van der Waals surface area contributed by atoms with Gasteiger partial charge in [-0.3, -0.25) is 4.79 Å². The molecule has 132 valence electrons. The van der Waals surface area contributed by atoms with Crippen LogP contribution in [0.1, 0.15) is 61.4 Å². The topological polar surface area (TPSA) is 66.9 Å². The smallest absolute Gasteiger partial charge is 0.254 e. The van der Waals surface area contributed by atoms with Crippen molar-refractivity contribution < 1.29 is 4.79 Å². The van der Waals surface area contributed by atoms with Crippen molar-refractivity contribution in [1.29, 1.82) is 0 Å². The van der Waals surface area contributed by atoms with Crippen molar-refractivity contribution in [3.05, 3.63) is 47.8 Å². The third-order valence-electron chi connectivity index (χ3n) is 4.75. The van der Waals surface area contributed by atoms with Gasteiger partial charge in [0.15, 0.2) is 0 Å². The number of rotatable bonds is 5. The summed E-state index contributed by atoms with van der Waals surface area (Å²) in [6.45, 7) is 2.11. The third-order valence-corrected chi connectivity index (χ3v) is 4.75. The van der Waals surface area contributed by atoms with Crippen molar-refractivity contribution in [2.24, 2.45) is 0 Å². The minimum Gasteiger partial charge on any atom is -0.349 e. The minimum absolute atomic E-state index is 0.0765. The highest BCUT2D eigenvalue weighted by Crippen LogP contribution is 2.19. The molecule has 0 atom stereocenters. The number of para-hydroxylation sites is 1. The lowest BCUT2D eigenvalue weighted by molar-refractivity contribution is 0.0932. The number of benzene rings is 1. The zero-order chi connectivity index (χ0) is 17.5. The number of nitrogens with one attached hydrogen (secondary N) is 2. The molecule has 2 aromatic rings. The second-order valence-corrected chi connectivity index (χ2v) is 6.59. The van der Waals surface area contributed by atoms with E-state index in [4.69, 9.17) is 0 Å². The average Bonchev–Trinajstić information content (AvgIpc) is 2.91. The Hall–Kier alpha value is -2.43. The second-order valence-electron chi connectivity index (χ2n) is 6.59. The predicted octanol–water partition coefficient (Wildman–Crippen LogP) is 4.24. The van der Waals surface area contributed by atoms with Crippen LogP contribution < -0.4 is 10.6 Å². The van der Waals surface area contributed by atoms with Gasteiger partial charge in [-0.25, -0.2) is 9.97 Å². The summed E-state index contributed by atoms with van der Waals surface area (Å²) in [6, 6.07) is 8.37. The van der Waals surface area contributed by atoms with Crippen LogP contribution >= 0.6 is 0 Å². The maximum atomic E-state index is 12.4. The van der Waals surface area contributed by atoms with Gasteiger partial charge in [-0.1, -0.05) is 50.8 Å². The highest BCUT2D eigenvalue weighted by Gasteiger charge is 2.16. The van der Waals surface area contributed by atoms with E-state index in [9.17, 15) is 4.79 Å². The Morgan fingerprint density at radius 3 is 2.44 bits per heavy atom. The van der Waals surface area contributed by atoms with E-state index in [1.807, 2.05) is 18.2 Å². The largest absolute Gasteiger partial charge is 0.349 e. The van der Waals surface area contributed by atoms with Gasteiger partial charge in [0, 0.05) is 24.1 Å². The van der Waals surface area contributed by atoms with E-state index >= 15 is 0 Å². The molecular formula is C20H26N4O. The molecule has 1 aliphatic rings. The number of carbonyl (C=O) groups is 1. The van der Waals surface area contributed by atoms with Gasteiger partial charge in [0.2, 0.25) is 5.95 Å². The minimum atomic E-state index is -0.0765. The van der Waals surface area contributed by atoms with E-state index in [0.717, 1.165) is 24.9 Å². The number of hydrogen-bond acceptors (Lipinski definition) is 4. The molecule has 1 amide bonds. The van der Waals surface area contributed by atoms with Crippen LogP contribution in [0.25, 0.3) is 0 Å². The van der Waals surface area contributed by atoms with Crippen LogP contribution in [0.3, 0.4) is 0 Å². The van der Waals surface area contributed by atoms with Gasteiger partial charge in [0.25, 0.3) is 5.91 Å². The van der Waals surface area contributed by atoms with Gasteiger partial charge >= 0.3 is 0 Å². The number of aromatic nitrogens is 2. The number of anilines is 2. The van der Waals surface area contributed by atoms with Gasteiger partial charge in [0.05, 0.1) is 5.56 Å². The van der Waals surface area contributed by atoms with Crippen molar-refractivity contribution in [2.45, 2.75) is 57.9 Å². The molecule has 1 aromatic heterocycles. The average molecular weight is 338 g/mol. The van der Waals surface area contributed by atoms with E-state index in [-0.39, 0.29) is 11.9 Å². The molecule has 0 aliphatic heterocycles. The molecule has 1 aromatic carbocycles. The van der Waals surface area contributed by atoms with Gasteiger partial charge in [-0.05, 0) is 30.9 Å². The van der Waals surface area contributed by atoms with Crippen LogP contribution in [-0.2, 0) is 6.42 Å². The van der Waals surface area contributed by atoms with Crippen molar-refractivity contribution in [1.82, 2.24) is 15.3 Å². The Balaban J connectivity index is 1.62. The highest BCUT2D eigenvalue weighted by molar-refractivity contribution is 5.93. The number of nitrogens with zero attached hydrogens (tertiary/aromatic N) is 2. The lowest BCUT2D eigenvalue weighted by Crippen LogP contribution is -2.34. The number of aryl methyl sites for hydroxylation is 1. The lowest BCUT2D eigenvalue weighted by atomic mass is 10.1. The van der Waals surface area contributed by atoms with Crippen LogP contribution in [0, 0.1) is 0 Å². The first-order valence-electron chi connectivity index (χ1n) is 9.24. The normalized spacial score (nSPS) is 15.4. The molecule has 0 unspecified atom stereocenters. The summed E-state index contributed by atoms with van der Waals surface area (Å²) in [5.41, 5.74) is 2.72. The van der Waals surface area contributed by atoms with Crippen molar-refractivity contribution in [3.63, 3.8) is 0 Å². The molecule has 1 aliphatic carbocycles. The van der Waals surface area contributed by atoms with Crippen molar-refractivity contribution in [3.8, 4) is 0 Å². The number of carbonyl (C=O) groups excluding carboxylic acids is 1. The Morgan fingerprint density at radius 1 is 1.08 bits per heavy atom. The quantitative estimate of drug-likeness (QED) is 0.801. The summed E-state index contributed by atoms with van der Waals surface area (Å²) in [7, 11) is 0. The van der Waals surface area contributed by atoms with E-state index in [1.165, 1.54) is 31.2 Å². The van der Waals surface area contributed by atoms with Crippen LogP contribution in [0.15, 0.2) is 36.7 Å². The van der Waals surface area contributed by atoms with Crippen LogP contribution in [0.2, 0.25) is 0 Å². The van der Waals surface area contributed by atoms with Crippen LogP contribution in [0.4, 0.5) is 11.6 Å². The summed E-state index contributed by atoms with van der Waals surface area (Å²) < 4.78 is 0. The van der Waals surface area contributed by atoms with Gasteiger partial charge < -0.3 is 10.6 Å². The van der Waals surface area contributed by atoms with E-state index < -0.39 is 0 Å². The fourth-order valence-electron chi connectivity index (χ4n) is 3.27. The molecule has 0 saturated heterocycles. The van der Waals surface area contributed by atoms with Crippen molar-refractivity contribution in [2.75, 3.05) is 5.32 Å². The Morgan fingerprint density at radius 2 is 1.76 bits per heavy atom. The van der Waals surface area contributed by atoms with Crippen LogP contribution in [-0.4, -0.2) is 21.9 Å². The molecule has 5 nitrogen and oxygen atoms in total. The maximum absolute atomic E-state index is 12.4. The Kier molecular flexibility index (Phi) is 5.99. The van der Waals surface area contributed by atoms with Gasteiger partial charge in [0.1, 0.15) is 0 Å². The first-order chi connectivity index (χ1) is 12.3. The highest BCUT2D eigenvalue weighted by atomic mass is 16.1. The molecule has 1 heterocycles. The second kappa shape index (κ2) is 8.60. The summed E-state index contributed by atoms with van der Waals surface area (Å²) in [5, 5.41) is 6.35. The standard InChI is InChI=1S/C20H26N4O/c1-2-15-9-7-8-12-18(15)24-20-21-13-16(14-22-20)19(25)23-17-10-5-3-4-6-11-17/h7-9,12-14,17H,2-6,10-11H2,1H3,(H,23,25)(H,21,22,24). The molecule has 25 heavy (non-hydrogen) atoms. The Bertz CT molecular complexity index is 691. The van der Waals surface area contributed by atoms with Crippen molar-refractivity contribution >= 4 is 17.5 Å². The first kappa shape index (κ1) is 17.4.